The van der Waals surface area contributed by atoms with Gasteiger partial charge in [0.25, 0.3) is 0 Å². The van der Waals surface area contributed by atoms with Crippen LogP contribution in [-0.4, -0.2) is 50.8 Å². The Morgan fingerprint density at radius 3 is 2.47 bits per heavy atom. The SMILES string of the molecule is COCCN(CCNCCCC(C)C)C(C)C1CC1. The number of hydrogen-bond acceptors (Lipinski definition) is 3. The molecule has 0 radical (unpaired) electrons. The lowest BCUT2D eigenvalue weighted by Crippen LogP contribution is -2.41. The molecule has 1 N–H and O–H groups in total. The Labute approximate surface area is 120 Å². The van der Waals surface area contributed by atoms with Gasteiger partial charge in [-0.1, -0.05) is 13.8 Å². The average Bonchev–Trinajstić information content (AvgIpc) is 3.20. The van der Waals surface area contributed by atoms with E-state index in [0.717, 1.165) is 50.7 Å². The number of hydrogen-bond donors (Lipinski definition) is 1. The van der Waals surface area contributed by atoms with Crippen LogP contribution in [0.15, 0.2) is 0 Å². The Kier molecular flexibility index (Phi) is 8.67. The van der Waals surface area contributed by atoms with Crippen LogP contribution in [0.3, 0.4) is 0 Å². The minimum atomic E-state index is 0.729. The van der Waals surface area contributed by atoms with E-state index in [9.17, 15) is 0 Å². The maximum absolute atomic E-state index is 5.23. The molecule has 3 heteroatoms. The molecule has 0 spiro atoms. The van der Waals surface area contributed by atoms with Crippen LogP contribution in [0.1, 0.15) is 46.5 Å². The first-order chi connectivity index (χ1) is 9.15. The quantitative estimate of drug-likeness (QED) is 0.552. The van der Waals surface area contributed by atoms with E-state index in [1.54, 1.807) is 7.11 Å². The third-order valence-corrected chi connectivity index (χ3v) is 4.17. The van der Waals surface area contributed by atoms with Crippen molar-refractivity contribution in [1.29, 1.82) is 0 Å². The topological polar surface area (TPSA) is 24.5 Å². The standard InChI is InChI=1S/C16H34N2O/c1-14(2)6-5-9-17-10-11-18(12-13-19-4)15(3)16-7-8-16/h14-17H,5-13H2,1-4H3. The Balaban J connectivity index is 2.09. The first-order valence-corrected chi connectivity index (χ1v) is 8.08. The van der Waals surface area contributed by atoms with Crippen molar-refractivity contribution in [3.63, 3.8) is 0 Å². The highest BCUT2D eigenvalue weighted by Crippen LogP contribution is 2.34. The molecule has 0 saturated heterocycles. The molecule has 0 bridgehead atoms. The molecule has 19 heavy (non-hydrogen) atoms. The van der Waals surface area contributed by atoms with Gasteiger partial charge in [0.1, 0.15) is 0 Å². The van der Waals surface area contributed by atoms with E-state index in [-0.39, 0.29) is 0 Å². The molecule has 114 valence electrons. The summed E-state index contributed by atoms with van der Waals surface area (Å²) in [5, 5.41) is 3.58. The summed E-state index contributed by atoms with van der Waals surface area (Å²) in [6.07, 6.45) is 5.48. The zero-order valence-corrected chi connectivity index (χ0v) is 13.5. The zero-order valence-electron chi connectivity index (χ0n) is 13.5. The number of rotatable bonds is 12. The number of methoxy groups -OCH3 is 1. The summed E-state index contributed by atoms with van der Waals surface area (Å²) in [5.74, 6) is 1.77. The fourth-order valence-electron chi connectivity index (χ4n) is 2.59. The van der Waals surface area contributed by atoms with Gasteiger partial charge in [-0.2, -0.15) is 0 Å². The van der Waals surface area contributed by atoms with Crippen LogP contribution >= 0.6 is 0 Å². The first kappa shape index (κ1) is 16.9. The van der Waals surface area contributed by atoms with E-state index >= 15 is 0 Å². The second-order valence-electron chi connectivity index (χ2n) is 6.39. The second-order valence-corrected chi connectivity index (χ2v) is 6.39. The predicted octanol–water partition coefficient (Wildman–Crippen LogP) is 2.76. The van der Waals surface area contributed by atoms with Crippen LogP contribution in [0.2, 0.25) is 0 Å². The molecule has 0 aromatic rings. The summed E-state index contributed by atoms with van der Waals surface area (Å²) >= 11 is 0. The summed E-state index contributed by atoms with van der Waals surface area (Å²) in [7, 11) is 1.80. The molecule has 1 atom stereocenters. The number of ether oxygens (including phenoxy) is 1. The second kappa shape index (κ2) is 9.73. The van der Waals surface area contributed by atoms with Crippen LogP contribution in [0.4, 0.5) is 0 Å². The highest BCUT2D eigenvalue weighted by molar-refractivity contribution is 4.85. The third-order valence-electron chi connectivity index (χ3n) is 4.17. The minimum Gasteiger partial charge on any atom is -0.383 e. The van der Waals surface area contributed by atoms with Crippen molar-refractivity contribution in [2.75, 3.05) is 39.9 Å². The normalized spacial score (nSPS) is 17.4. The van der Waals surface area contributed by atoms with Gasteiger partial charge in [0.15, 0.2) is 0 Å². The van der Waals surface area contributed by atoms with Gasteiger partial charge in [-0.15, -0.1) is 0 Å². The van der Waals surface area contributed by atoms with E-state index in [1.165, 1.54) is 25.7 Å². The summed E-state index contributed by atoms with van der Waals surface area (Å²) < 4.78 is 5.23. The van der Waals surface area contributed by atoms with Gasteiger partial charge < -0.3 is 10.1 Å². The third kappa shape index (κ3) is 7.91. The highest BCUT2D eigenvalue weighted by atomic mass is 16.5. The molecule has 1 unspecified atom stereocenters. The molecule has 0 aromatic carbocycles. The van der Waals surface area contributed by atoms with Gasteiger partial charge in [-0.25, -0.2) is 0 Å². The maximum Gasteiger partial charge on any atom is 0.0589 e. The van der Waals surface area contributed by atoms with Crippen LogP contribution < -0.4 is 5.32 Å². The summed E-state index contributed by atoms with van der Waals surface area (Å²) in [6.45, 7) is 12.3. The van der Waals surface area contributed by atoms with Crippen molar-refractivity contribution < 1.29 is 4.74 Å². The molecule has 1 fully saturated rings. The molecule has 1 aliphatic carbocycles. The van der Waals surface area contributed by atoms with Gasteiger partial charge in [0.2, 0.25) is 0 Å². The lowest BCUT2D eigenvalue weighted by Gasteiger charge is -2.29. The van der Waals surface area contributed by atoms with Gasteiger partial charge in [0, 0.05) is 32.8 Å². The van der Waals surface area contributed by atoms with Crippen molar-refractivity contribution in [3.8, 4) is 0 Å². The zero-order chi connectivity index (χ0) is 14.1. The van der Waals surface area contributed by atoms with Crippen LogP contribution in [0, 0.1) is 11.8 Å². The minimum absolute atomic E-state index is 0.729. The van der Waals surface area contributed by atoms with Gasteiger partial charge in [-0.3, -0.25) is 4.90 Å². The van der Waals surface area contributed by atoms with Crippen molar-refractivity contribution in [2.24, 2.45) is 11.8 Å². The van der Waals surface area contributed by atoms with Gasteiger partial charge in [0.05, 0.1) is 6.61 Å². The highest BCUT2D eigenvalue weighted by Gasteiger charge is 2.31. The molecule has 3 nitrogen and oxygen atoms in total. The van der Waals surface area contributed by atoms with Gasteiger partial charge in [-0.05, 0) is 51.0 Å². The molecule has 1 aliphatic rings. The molecule has 1 saturated carbocycles. The average molecular weight is 270 g/mol. The fourth-order valence-corrected chi connectivity index (χ4v) is 2.59. The molecule has 0 heterocycles. The van der Waals surface area contributed by atoms with Crippen molar-refractivity contribution in [2.45, 2.75) is 52.5 Å². The molecular formula is C16H34N2O. The largest absolute Gasteiger partial charge is 0.383 e. The Hall–Kier alpha value is -0.120. The van der Waals surface area contributed by atoms with E-state index < -0.39 is 0 Å². The van der Waals surface area contributed by atoms with Crippen molar-refractivity contribution in [3.05, 3.63) is 0 Å². The lowest BCUT2D eigenvalue weighted by molar-refractivity contribution is 0.117. The Morgan fingerprint density at radius 2 is 1.89 bits per heavy atom. The molecule has 0 amide bonds. The van der Waals surface area contributed by atoms with E-state index in [2.05, 4.69) is 31.0 Å². The number of nitrogens with zero attached hydrogens (tertiary/aromatic N) is 1. The predicted molar refractivity (Wildman–Crippen MR) is 82.6 cm³/mol. The van der Waals surface area contributed by atoms with Gasteiger partial charge >= 0.3 is 0 Å². The molecule has 1 rings (SSSR count). The molecular weight excluding hydrogens is 236 g/mol. The maximum atomic E-state index is 5.23. The summed E-state index contributed by atoms with van der Waals surface area (Å²) in [4.78, 5) is 2.59. The number of nitrogens with one attached hydrogen (secondary N) is 1. The van der Waals surface area contributed by atoms with Crippen LogP contribution in [0.5, 0.6) is 0 Å². The van der Waals surface area contributed by atoms with Crippen LogP contribution in [0.25, 0.3) is 0 Å². The van der Waals surface area contributed by atoms with E-state index in [4.69, 9.17) is 4.74 Å². The lowest BCUT2D eigenvalue weighted by atomic mass is 10.1. The Bertz CT molecular complexity index is 217. The molecule has 0 aromatic heterocycles. The van der Waals surface area contributed by atoms with E-state index in [0.29, 0.717) is 0 Å². The monoisotopic (exact) mass is 270 g/mol. The first-order valence-electron chi connectivity index (χ1n) is 8.08. The van der Waals surface area contributed by atoms with E-state index in [1.807, 2.05) is 0 Å². The van der Waals surface area contributed by atoms with Crippen molar-refractivity contribution >= 4 is 0 Å². The van der Waals surface area contributed by atoms with Crippen molar-refractivity contribution in [1.82, 2.24) is 10.2 Å². The molecule has 0 aliphatic heterocycles. The van der Waals surface area contributed by atoms with Crippen LogP contribution in [-0.2, 0) is 4.74 Å². The summed E-state index contributed by atoms with van der Waals surface area (Å²) in [5.41, 5.74) is 0. The fraction of sp³-hybridized carbons (Fsp3) is 1.00. The smallest absolute Gasteiger partial charge is 0.0589 e. The summed E-state index contributed by atoms with van der Waals surface area (Å²) in [6, 6.07) is 0.729. The Morgan fingerprint density at radius 1 is 1.16 bits per heavy atom.